The van der Waals surface area contributed by atoms with E-state index in [0.29, 0.717) is 49.7 Å². The third-order valence-electron chi connectivity index (χ3n) is 7.88. The number of hydrogen-bond donors (Lipinski definition) is 0. The second-order valence-electron chi connectivity index (χ2n) is 12.0. The molecule has 4 rings (SSSR count). The molecule has 0 saturated carbocycles. The molecule has 1 aliphatic heterocycles. The molecule has 2 atom stereocenters. The molecule has 1 aliphatic rings. The van der Waals surface area contributed by atoms with Crippen LogP contribution in [-0.4, -0.2) is 69.6 Å². The summed E-state index contributed by atoms with van der Waals surface area (Å²) in [5.74, 6) is -0.617. The standard InChI is InChI=1S/C39H46O11/c1-3-28(2)36(40)46-24-7-5-4-6-23-45-32-16-10-30(11-17-32)38(42)50-34-20-14-31(15-21-34)39(43)49-33-18-12-29(13-19-33)37(41)47-25-9-8-22-44-26-35-27-48-35/h10-21,28,35H,3-9,22-27H2,1-2H3. The fourth-order valence-electron chi connectivity index (χ4n) is 4.50. The van der Waals surface area contributed by atoms with Gasteiger partial charge in [-0.25, -0.2) is 14.4 Å². The smallest absolute Gasteiger partial charge is 0.343 e. The number of carbonyl (C=O) groups is 4. The van der Waals surface area contributed by atoms with Gasteiger partial charge in [-0.1, -0.05) is 13.8 Å². The number of esters is 4. The maximum absolute atomic E-state index is 12.6. The van der Waals surface area contributed by atoms with Gasteiger partial charge in [-0.2, -0.15) is 0 Å². The molecule has 0 amide bonds. The predicted molar refractivity (Wildman–Crippen MR) is 184 cm³/mol. The van der Waals surface area contributed by atoms with Crippen LogP contribution in [0.4, 0.5) is 0 Å². The van der Waals surface area contributed by atoms with Gasteiger partial charge < -0.3 is 33.2 Å². The van der Waals surface area contributed by atoms with E-state index in [9.17, 15) is 19.2 Å². The number of carbonyl (C=O) groups excluding carboxylic acids is 4. The van der Waals surface area contributed by atoms with E-state index in [-0.39, 0.29) is 41.7 Å². The molecule has 1 heterocycles. The second-order valence-corrected chi connectivity index (χ2v) is 12.0. The Balaban J connectivity index is 1.10. The minimum atomic E-state index is -0.605. The van der Waals surface area contributed by atoms with E-state index in [2.05, 4.69) is 0 Å². The molecule has 50 heavy (non-hydrogen) atoms. The van der Waals surface area contributed by atoms with Crippen molar-refractivity contribution < 1.29 is 52.3 Å². The highest BCUT2D eigenvalue weighted by Crippen LogP contribution is 2.20. The highest BCUT2D eigenvalue weighted by atomic mass is 16.6. The molecule has 1 fully saturated rings. The number of unbranched alkanes of at least 4 members (excludes halogenated alkanes) is 4. The van der Waals surface area contributed by atoms with Crippen LogP contribution in [-0.2, 0) is 23.7 Å². The Morgan fingerprint density at radius 1 is 0.620 bits per heavy atom. The van der Waals surface area contributed by atoms with Crippen LogP contribution in [0, 0.1) is 5.92 Å². The summed E-state index contributed by atoms with van der Waals surface area (Å²) >= 11 is 0. The van der Waals surface area contributed by atoms with Crippen molar-refractivity contribution in [1.82, 2.24) is 0 Å². The summed E-state index contributed by atoms with van der Waals surface area (Å²) in [4.78, 5) is 49.3. The molecule has 0 bridgehead atoms. The monoisotopic (exact) mass is 690 g/mol. The van der Waals surface area contributed by atoms with Crippen molar-refractivity contribution in [3.8, 4) is 17.2 Å². The van der Waals surface area contributed by atoms with Gasteiger partial charge >= 0.3 is 23.9 Å². The molecule has 0 aromatic heterocycles. The van der Waals surface area contributed by atoms with E-state index in [1.807, 2.05) is 13.8 Å². The van der Waals surface area contributed by atoms with Crippen molar-refractivity contribution >= 4 is 23.9 Å². The molecule has 0 aliphatic carbocycles. The minimum absolute atomic E-state index is 0.0553. The van der Waals surface area contributed by atoms with E-state index >= 15 is 0 Å². The van der Waals surface area contributed by atoms with Gasteiger partial charge in [0.2, 0.25) is 0 Å². The molecule has 0 radical (unpaired) electrons. The number of epoxide rings is 1. The number of rotatable bonds is 22. The van der Waals surface area contributed by atoms with Crippen LogP contribution in [0.2, 0.25) is 0 Å². The quantitative estimate of drug-likeness (QED) is 0.0466. The van der Waals surface area contributed by atoms with E-state index in [0.717, 1.165) is 45.1 Å². The Morgan fingerprint density at radius 3 is 1.62 bits per heavy atom. The molecule has 268 valence electrons. The lowest BCUT2D eigenvalue weighted by molar-refractivity contribution is -0.148. The molecule has 11 nitrogen and oxygen atoms in total. The Labute approximate surface area is 293 Å². The first-order chi connectivity index (χ1) is 24.3. The summed E-state index contributed by atoms with van der Waals surface area (Å²) < 4.78 is 37.7. The van der Waals surface area contributed by atoms with Crippen molar-refractivity contribution in [2.24, 2.45) is 5.92 Å². The molecule has 2 unspecified atom stereocenters. The highest BCUT2D eigenvalue weighted by Gasteiger charge is 2.22. The molecule has 0 spiro atoms. The second kappa shape index (κ2) is 20.7. The zero-order chi connectivity index (χ0) is 35.6. The van der Waals surface area contributed by atoms with Gasteiger partial charge in [0.05, 0.1) is 55.6 Å². The molecule has 3 aromatic rings. The van der Waals surface area contributed by atoms with Crippen LogP contribution in [0.5, 0.6) is 17.2 Å². The van der Waals surface area contributed by atoms with Crippen molar-refractivity contribution in [1.29, 1.82) is 0 Å². The lowest BCUT2D eigenvalue weighted by atomic mass is 10.1. The minimum Gasteiger partial charge on any atom is -0.494 e. The average molecular weight is 691 g/mol. The largest absolute Gasteiger partial charge is 0.494 e. The maximum atomic E-state index is 12.6. The summed E-state index contributed by atoms with van der Waals surface area (Å²) in [6.07, 6.45) is 6.11. The Morgan fingerprint density at radius 2 is 1.08 bits per heavy atom. The first-order valence-electron chi connectivity index (χ1n) is 17.2. The van der Waals surface area contributed by atoms with Gasteiger partial charge in [0.1, 0.15) is 23.4 Å². The Kier molecular flexibility index (Phi) is 15.8. The van der Waals surface area contributed by atoms with Crippen LogP contribution in [0.3, 0.4) is 0 Å². The maximum Gasteiger partial charge on any atom is 0.343 e. The molecular weight excluding hydrogens is 644 g/mol. The molecule has 3 aromatic carbocycles. The van der Waals surface area contributed by atoms with Gasteiger partial charge in [-0.15, -0.1) is 0 Å². The van der Waals surface area contributed by atoms with E-state index in [1.54, 1.807) is 24.3 Å². The van der Waals surface area contributed by atoms with Crippen LogP contribution >= 0.6 is 0 Å². The third-order valence-corrected chi connectivity index (χ3v) is 7.88. The summed E-state index contributed by atoms with van der Waals surface area (Å²) in [7, 11) is 0. The van der Waals surface area contributed by atoms with Gasteiger partial charge in [0, 0.05) is 6.61 Å². The molecule has 0 N–H and O–H groups in total. The number of hydrogen-bond acceptors (Lipinski definition) is 11. The Bertz CT molecular complexity index is 1500. The predicted octanol–water partition coefficient (Wildman–Crippen LogP) is 7.01. The van der Waals surface area contributed by atoms with Gasteiger partial charge in [0.15, 0.2) is 0 Å². The normalized spacial score (nSPS) is 13.9. The first kappa shape index (κ1) is 38.1. The topological polar surface area (TPSA) is 136 Å². The van der Waals surface area contributed by atoms with Gasteiger partial charge in [0.25, 0.3) is 0 Å². The van der Waals surface area contributed by atoms with Crippen LogP contribution in [0.15, 0.2) is 72.8 Å². The van der Waals surface area contributed by atoms with Crippen molar-refractivity contribution in [2.45, 2.75) is 64.9 Å². The third kappa shape index (κ3) is 13.6. The van der Waals surface area contributed by atoms with E-state index in [4.69, 9.17) is 33.2 Å². The zero-order valence-corrected chi connectivity index (χ0v) is 28.8. The summed E-state index contributed by atoms with van der Waals surface area (Å²) in [5.41, 5.74) is 0.958. The summed E-state index contributed by atoms with van der Waals surface area (Å²) in [6, 6.07) is 18.8. The molecular formula is C39H46O11. The Hall–Kier alpha value is -4.74. The van der Waals surface area contributed by atoms with Crippen molar-refractivity contribution in [3.63, 3.8) is 0 Å². The van der Waals surface area contributed by atoms with Crippen molar-refractivity contribution in [2.75, 3.05) is 39.6 Å². The first-order valence-corrected chi connectivity index (χ1v) is 17.2. The van der Waals surface area contributed by atoms with E-state index < -0.39 is 17.9 Å². The van der Waals surface area contributed by atoms with Gasteiger partial charge in [-0.05, 0) is 118 Å². The summed E-state index contributed by atoms with van der Waals surface area (Å²) in [5, 5.41) is 0. The lowest BCUT2D eigenvalue weighted by Crippen LogP contribution is -2.14. The SMILES string of the molecule is CCC(C)C(=O)OCCCCCCOc1ccc(C(=O)Oc2ccc(C(=O)Oc3ccc(C(=O)OCCCCOCC4CO4)cc3)cc2)cc1. The van der Waals surface area contributed by atoms with E-state index in [1.165, 1.54) is 48.5 Å². The van der Waals surface area contributed by atoms with Gasteiger partial charge in [-0.3, -0.25) is 4.79 Å². The highest BCUT2D eigenvalue weighted by molar-refractivity contribution is 5.93. The van der Waals surface area contributed by atoms with Crippen LogP contribution in [0.1, 0.15) is 89.9 Å². The molecule has 1 saturated heterocycles. The lowest BCUT2D eigenvalue weighted by Gasteiger charge is -2.09. The molecule has 11 heteroatoms. The van der Waals surface area contributed by atoms with Crippen LogP contribution in [0.25, 0.3) is 0 Å². The van der Waals surface area contributed by atoms with Crippen LogP contribution < -0.4 is 14.2 Å². The fraction of sp³-hybridized carbons (Fsp3) is 0.436. The fourth-order valence-corrected chi connectivity index (χ4v) is 4.50. The number of benzene rings is 3. The van der Waals surface area contributed by atoms with Crippen molar-refractivity contribution in [3.05, 3.63) is 89.5 Å². The average Bonchev–Trinajstić information content (AvgIpc) is 3.97. The summed E-state index contributed by atoms with van der Waals surface area (Å²) in [6.45, 7) is 7.09. The zero-order valence-electron chi connectivity index (χ0n) is 28.8. The number of ether oxygens (including phenoxy) is 7.